The lowest BCUT2D eigenvalue weighted by molar-refractivity contribution is 0.0989. The molecule has 0 atom stereocenters. The van der Waals surface area contributed by atoms with Gasteiger partial charge in [0.2, 0.25) is 0 Å². The molecule has 2 rings (SSSR count). The number of aromatic amines is 1. The lowest BCUT2D eigenvalue weighted by Gasteiger charge is -2.17. The normalized spacial score (nSPS) is 10.5. The third-order valence-corrected chi connectivity index (χ3v) is 2.70. The van der Waals surface area contributed by atoms with E-state index in [2.05, 4.69) is 29.1 Å². The van der Waals surface area contributed by atoms with E-state index >= 15 is 0 Å². The van der Waals surface area contributed by atoms with Crippen molar-refractivity contribution < 1.29 is 4.79 Å². The standard InChI is InChI=1S/C14H18N4O/c1-10(2)17-13-7-6-11(9-16-13)18(3)14(19)12-5-4-8-15-12/h4-10,15H,1-3H3,(H,16,17). The molecule has 0 saturated carbocycles. The molecule has 0 aliphatic heterocycles. The van der Waals surface area contributed by atoms with Crippen LogP contribution < -0.4 is 10.2 Å². The molecular weight excluding hydrogens is 240 g/mol. The first-order valence-corrected chi connectivity index (χ1v) is 6.22. The van der Waals surface area contributed by atoms with Crippen LogP contribution in [0.3, 0.4) is 0 Å². The van der Waals surface area contributed by atoms with Crippen molar-refractivity contribution in [3.05, 3.63) is 42.4 Å². The maximum atomic E-state index is 12.1. The lowest BCUT2D eigenvalue weighted by atomic mass is 10.3. The monoisotopic (exact) mass is 258 g/mol. The van der Waals surface area contributed by atoms with Gasteiger partial charge in [0, 0.05) is 19.3 Å². The zero-order chi connectivity index (χ0) is 13.8. The van der Waals surface area contributed by atoms with Gasteiger partial charge >= 0.3 is 0 Å². The Kier molecular flexibility index (Phi) is 3.85. The minimum absolute atomic E-state index is 0.0867. The van der Waals surface area contributed by atoms with Gasteiger partial charge in [-0.15, -0.1) is 0 Å². The van der Waals surface area contributed by atoms with Crippen LogP contribution in [0.1, 0.15) is 24.3 Å². The number of carbonyl (C=O) groups is 1. The Morgan fingerprint density at radius 2 is 2.16 bits per heavy atom. The number of amides is 1. The topological polar surface area (TPSA) is 61.0 Å². The van der Waals surface area contributed by atoms with E-state index in [0.29, 0.717) is 11.7 Å². The summed E-state index contributed by atoms with van der Waals surface area (Å²) in [5, 5.41) is 3.21. The van der Waals surface area contributed by atoms with Crippen LogP contribution >= 0.6 is 0 Å². The molecule has 5 heteroatoms. The molecular formula is C14H18N4O. The predicted octanol–water partition coefficient (Wildman–Crippen LogP) is 2.51. The molecule has 19 heavy (non-hydrogen) atoms. The smallest absolute Gasteiger partial charge is 0.274 e. The number of carbonyl (C=O) groups excluding carboxylic acids is 1. The fourth-order valence-electron chi connectivity index (χ4n) is 1.73. The molecule has 2 aromatic rings. The van der Waals surface area contributed by atoms with E-state index in [-0.39, 0.29) is 5.91 Å². The summed E-state index contributed by atoms with van der Waals surface area (Å²) in [5.74, 6) is 0.718. The highest BCUT2D eigenvalue weighted by atomic mass is 16.2. The Bertz CT molecular complexity index is 531. The van der Waals surface area contributed by atoms with Crippen molar-refractivity contribution in [3.63, 3.8) is 0 Å². The maximum absolute atomic E-state index is 12.1. The quantitative estimate of drug-likeness (QED) is 0.885. The molecule has 0 aliphatic rings. The van der Waals surface area contributed by atoms with Crippen LogP contribution in [0.15, 0.2) is 36.7 Å². The van der Waals surface area contributed by atoms with Crippen LogP contribution in [0.4, 0.5) is 11.5 Å². The molecule has 5 nitrogen and oxygen atoms in total. The average Bonchev–Trinajstić information content (AvgIpc) is 2.91. The Morgan fingerprint density at radius 1 is 1.37 bits per heavy atom. The summed E-state index contributed by atoms with van der Waals surface area (Å²) in [6, 6.07) is 7.62. The maximum Gasteiger partial charge on any atom is 0.274 e. The van der Waals surface area contributed by atoms with Crippen molar-refractivity contribution in [3.8, 4) is 0 Å². The van der Waals surface area contributed by atoms with Crippen LogP contribution in [-0.2, 0) is 0 Å². The molecule has 0 aliphatic carbocycles. The Labute approximate surface area is 112 Å². The van der Waals surface area contributed by atoms with Crippen molar-refractivity contribution in [2.45, 2.75) is 19.9 Å². The number of hydrogen-bond acceptors (Lipinski definition) is 3. The number of anilines is 2. The molecule has 0 fully saturated rings. The van der Waals surface area contributed by atoms with Gasteiger partial charge in [0.15, 0.2) is 0 Å². The van der Waals surface area contributed by atoms with Crippen LogP contribution in [0.2, 0.25) is 0 Å². The molecule has 0 unspecified atom stereocenters. The first kappa shape index (κ1) is 13.1. The van der Waals surface area contributed by atoms with E-state index < -0.39 is 0 Å². The van der Waals surface area contributed by atoms with Crippen molar-refractivity contribution >= 4 is 17.4 Å². The molecule has 0 saturated heterocycles. The number of nitrogens with one attached hydrogen (secondary N) is 2. The van der Waals surface area contributed by atoms with E-state index in [1.54, 1.807) is 36.5 Å². The van der Waals surface area contributed by atoms with E-state index in [4.69, 9.17) is 0 Å². The van der Waals surface area contributed by atoms with Gasteiger partial charge < -0.3 is 15.2 Å². The summed E-state index contributed by atoms with van der Waals surface area (Å²) in [6.07, 6.45) is 3.42. The summed E-state index contributed by atoms with van der Waals surface area (Å²) in [5.41, 5.74) is 1.32. The molecule has 2 heterocycles. The minimum atomic E-state index is -0.0867. The van der Waals surface area contributed by atoms with Crippen molar-refractivity contribution in [1.82, 2.24) is 9.97 Å². The van der Waals surface area contributed by atoms with Crippen LogP contribution in [0.5, 0.6) is 0 Å². The highest BCUT2D eigenvalue weighted by Gasteiger charge is 2.14. The Hall–Kier alpha value is -2.30. The van der Waals surface area contributed by atoms with Gasteiger partial charge in [-0.1, -0.05) is 0 Å². The fraction of sp³-hybridized carbons (Fsp3) is 0.286. The van der Waals surface area contributed by atoms with Crippen molar-refractivity contribution in [2.24, 2.45) is 0 Å². The summed E-state index contributed by atoms with van der Waals surface area (Å²) < 4.78 is 0. The van der Waals surface area contributed by atoms with E-state index in [1.807, 2.05) is 12.1 Å². The van der Waals surface area contributed by atoms with E-state index in [0.717, 1.165) is 11.5 Å². The fourth-order valence-corrected chi connectivity index (χ4v) is 1.73. The summed E-state index contributed by atoms with van der Waals surface area (Å²) >= 11 is 0. The lowest BCUT2D eigenvalue weighted by Crippen LogP contribution is -2.26. The Balaban J connectivity index is 2.11. The second-order valence-corrected chi connectivity index (χ2v) is 4.65. The first-order chi connectivity index (χ1) is 9.08. The van der Waals surface area contributed by atoms with Gasteiger partial charge in [-0.2, -0.15) is 0 Å². The van der Waals surface area contributed by atoms with E-state index in [9.17, 15) is 4.79 Å². The van der Waals surface area contributed by atoms with Gasteiger partial charge in [0.05, 0.1) is 11.9 Å². The summed E-state index contributed by atoms with van der Waals surface area (Å²) in [4.78, 5) is 20.9. The SMILES string of the molecule is CC(C)Nc1ccc(N(C)C(=O)c2ccc[nH]2)cn1. The highest BCUT2D eigenvalue weighted by Crippen LogP contribution is 2.16. The third-order valence-electron chi connectivity index (χ3n) is 2.70. The number of H-pyrrole nitrogens is 1. The second-order valence-electron chi connectivity index (χ2n) is 4.65. The van der Waals surface area contributed by atoms with Gasteiger partial charge in [0.1, 0.15) is 11.5 Å². The molecule has 2 aromatic heterocycles. The van der Waals surface area contributed by atoms with Crippen LogP contribution in [-0.4, -0.2) is 29.0 Å². The summed E-state index contributed by atoms with van der Waals surface area (Å²) in [6.45, 7) is 4.10. The molecule has 0 radical (unpaired) electrons. The molecule has 0 bridgehead atoms. The highest BCUT2D eigenvalue weighted by molar-refractivity contribution is 6.04. The number of pyridine rings is 1. The Morgan fingerprint density at radius 3 is 2.68 bits per heavy atom. The van der Waals surface area contributed by atoms with E-state index in [1.165, 1.54) is 0 Å². The number of hydrogen-bond donors (Lipinski definition) is 2. The number of rotatable bonds is 4. The van der Waals surface area contributed by atoms with Gasteiger partial charge in [-0.05, 0) is 38.1 Å². The van der Waals surface area contributed by atoms with Gasteiger partial charge in [0.25, 0.3) is 5.91 Å². The minimum Gasteiger partial charge on any atom is -0.368 e. The van der Waals surface area contributed by atoms with Crippen molar-refractivity contribution in [1.29, 1.82) is 0 Å². The van der Waals surface area contributed by atoms with Crippen LogP contribution in [0, 0.1) is 0 Å². The molecule has 2 N–H and O–H groups in total. The zero-order valence-electron chi connectivity index (χ0n) is 11.3. The largest absolute Gasteiger partial charge is 0.368 e. The summed E-state index contributed by atoms with van der Waals surface area (Å²) in [7, 11) is 1.73. The second kappa shape index (κ2) is 5.56. The predicted molar refractivity (Wildman–Crippen MR) is 76.5 cm³/mol. The zero-order valence-corrected chi connectivity index (χ0v) is 11.3. The van der Waals surface area contributed by atoms with Gasteiger partial charge in [-0.25, -0.2) is 4.98 Å². The third kappa shape index (κ3) is 3.13. The molecule has 0 spiro atoms. The number of nitrogens with zero attached hydrogens (tertiary/aromatic N) is 2. The number of aromatic nitrogens is 2. The van der Waals surface area contributed by atoms with Crippen molar-refractivity contribution in [2.75, 3.05) is 17.3 Å². The molecule has 0 aromatic carbocycles. The molecule has 1 amide bonds. The average molecular weight is 258 g/mol. The first-order valence-electron chi connectivity index (χ1n) is 6.22. The molecule has 100 valence electrons. The van der Waals surface area contributed by atoms with Crippen LogP contribution in [0.25, 0.3) is 0 Å². The van der Waals surface area contributed by atoms with Gasteiger partial charge in [-0.3, -0.25) is 4.79 Å².